The maximum atomic E-state index is 11.8. The van der Waals surface area contributed by atoms with Crippen molar-refractivity contribution in [3.8, 4) is 11.6 Å². The molecule has 0 spiro atoms. The van der Waals surface area contributed by atoms with Crippen LogP contribution in [0.2, 0.25) is 0 Å². The van der Waals surface area contributed by atoms with Gasteiger partial charge in [-0.15, -0.1) is 6.58 Å². The van der Waals surface area contributed by atoms with Crippen molar-refractivity contribution in [2.45, 2.75) is 6.54 Å². The summed E-state index contributed by atoms with van der Waals surface area (Å²) in [6.45, 7) is 3.83. The summed E-state index contributed by atoms with van der Waals surface area (Å²) in [4.78, 5) is 18.4. The molecule has 2 aromatic rings. The van der Waals surface area contributed by atoms with E-state index in [1.165, 1.54) is 22.9 Å². The first-order valence-corrected chi connectivity index (χ1v) is 6.44. The summed E-state index contributed by atoms with van der Waals surface area (Å²) in [5, 5.41) is 19.3. The second-order valence-electron chi connectivity index (χ2n) is 4.17. The highest BCUT2D eigenvalue weighted by Gasteiger charge is 2.09. The van der Waals surface area contributed by atoms with Crippen LogP contribution in [0.1, 0.15) is 5.56 Å². The number of rotatable bonds is 4. The molecule has 0 aliphatic rings. The van der Waals surface area contributed by atoms with Gasteiger partial charge in [0.25, 0.3) is 5.56 Å². The first-order valence-electron chi connectivity index (χ1n) is 6.03. The third-order valence-electron chi connectivity index (χ3n) is 2.71. The van der Waals surface area contributed by atoms with Crippen molar-refractivity contribution in [2.24, 2.45) is 4.99 Å². The summed E-state index contributed by atoms with van der Waals surface area (Å²) < 4.78 is 1.45. The van der Waals surface area contributed by atoms with Crippen molar-refractivity contribution in [2.75, 3.05) is 0 Å². The van der Waals surface area contributed by atoms with Crippen molar-refractivity contribution < 1.29 is 10.2 Å². The largest absolute Gasteiger partial charge is 0.508 e. The van der Waals surface area contributed by atoms with Crippen LogP contribution in [-0.4, -0.2) is 26.0 Å². The summed E-state index contributed by atoms with van der Waals surface area (Å²) in [7, 11) is 0. The normalized spacial score (nSPS) is 10.9. The Hall–Kier alpha value is -2.67. The van der Waals surface area contributed by atoms with Crippen molar-refractivity contribution in [3.05, 3.63) is 57.6 Å². The second kappa shape index (κ2) is 6.19. The molecule has 108 valence electrons. The van der Waals surface area contributed by atoms with Gasteiger partial charge >= 0.3 is 0 Å². The first-order chi connectivity index (χ1) is 10.0. The Morgan fingerprint density at radius 1 is 1.33 bits per heavy atom. The van der Waals surface area contributed by atoms with Crippen LogP contribution in [0.15, 0.2) is 46.7 Å². The minimum atomic E-state index is -0.527. The lowest BCUT2D eigenvalue weighted by molar-refractivity contribution is 0.413. The van der Waals surface area contributed by atoms with Gasteiger partial charge in [-0.3, -0.25) is 19.3 Å². The fourth-order valence-electron chi connectivity index (χ4n) is 1.67. The fourth-order valence-corrected chi connectivity index (χ4v) is 1.92. The van der Waals surface area contributed by atoms with Crippen LogP contribution in [0, 0.1) is 4.77 Å². The first kappa shape index (κ1) is 14.7. The average Bonchev–Trinajstić information content (AvgIpc) is 2.45. The minimum absolute atomic E-state index is 0.00137. The molecule has 0 fully saturated rings. The summed E-state index contributed by atoms with van der Waals surface area (Å²) in [5.41, 5.74) is 0.00295. The van der Waals surface area contributed by atoms with E-state index < -0.39 is 5.56 Å². The number of aliphatic imine (C=N–C) groups is 1. The van der Waals surface area contributed by atoms with Crippen LogP contribution in [0.5, 0.6) is 11.6 Å². The highest BCUT2D eigenvalue weighted by Crippen LogP contribution is 2.17. The Labute approximate surface area is 125 Å². The minimum Gasteiger partial charge on any atom is -0.508 e. The van der Waals surface area contributed by atoms with Gasteiger partial charge in [-0.2, -0.15) is 0 Å². The molecule has 0 aliphatic carbocycles. The average molecular weight is 303 g/mol. The number of phenolic OH excluding ortho intramolecular Hbond substituents is 1. The maximum absolute atomic E-state index is 11.8. The molecule has 3 N–H and O–H groups in total. The highest BCUT2D eigenvalue weighted by atomic mass is 32.1. The number of hydrogen-bond donors (Lipinski definition) is 3. The van der Waals surface area contributed by atoms with Gasteiger partial charge in [0.2, 0.25) is 5.88 Å². The van der Waals surface area contributed by atoms with Gasteiger partial charge in [-0.1, -0.05) is 6.08 Å². The number of nitrogens with zero attached hydrogens (tertiary/aromatic N) is 2. The lowest BCUT2D eigenvalue weighted by atomic mass is 10.3. The Morgan fingerprint density at radius 2 is 2.00 bits per heavy atom. The second-order valence-corrected chi connectivity index (χ2v) is 4.56. The van der Waals surface area contributed by atoms with Crippen LogP contribution in [-0.2, 0) is 6.54 Å². The van der Waals surface area contributed by atoms with Crippen molar-refractivity contribution in [3.63, 3.8) is 0 Å². The van der Waals surface area contributed by atoms with Gasteiger partial charge in [0.05, 0.1) is 5.69 Å². The van der Waals surface area contributed by atoms with Gasteiger partial charge in [0.15, 0.2) is 4.77 Å². The molecular weight excluding hydrogens is 290 g/mol. The number of aromatic nitrogens is 2. The molecule has 0 saturated heterocycles. The van der Waals surface area contributed by atoms with E-state index in [0.29, 0.717) is 5.69 Å². The third kappa shape index (κ3) is 3.26. The number of H-pyrrole nitrogens is 1. The number of allylic oxidation sites excluding steroid dienone is 1. The van der Waals surface area contributed by atoms with Crippen LogP contribution in [0.4, 0.5) is 5.69 Å². The third-order valence-corrected chi connectivity index (χ3v) is 3.03. The zero-order valence-corrected chi connectivity index (χ0v) is 11.8. The number of nitrogens with one attached hydrogen (secondary N) is 1. The zero-order chi connectivity index (χ0) is 15.4. The molecule has 0 saturated carbocycles. The number of aromatic hydroxyl groups is 2. The molecule has 6 nitrogen and oxygen atoms in total. The van der Waals surface area contributed by atoms with E-state index in [1.54, 1.807) is 18.2 Å². The lowest BCUT2D eigenvalue weighted by Gasteiger charge is -2.08. The fraction of sp³-hybridized carbons (Fsp3) is 0.0714. The molecule has 0 unspecified atom stereocenters. The summed E-state index contributed by atoms with van der Waals surface area (Å²) in [5.74, 6) is -0.153. The van der Waals surface area contributed by atoms with E-state index in [9.17, 15) is 15.0 Å². The van der Waals surface area contributed by atoms with E-state index in [-0.39, 0.29) is 28.5 Å². The number of hydrogen-bond acceptors (Lipinski definition) is 5. The van der Waals surface area contributed by atoms with Gasteiger partial charge in [0.1, 0.15) is 11.3 Å². The van der Waals surface area contributed by atoms with Crippen LogP contribution >= 0.6 is 12.2 Å². The van der Waals surface area contributed by atoms with E-state index in [2.05, 4.69) is 16.6 Å². The number of phenols is 1. The van der Waals surface area contributed by atoms with Gasteiger partial charge in [-0.05, 0) is 36.5 Å². The smallest absolute Gasteiger partial charge is 0.264 e. The molecule has 1 heterocycles. The van der Waals surface area contributed by atoms with E-state index in [0.717, 1.165) is 0 Å². The molecule has 7 heteroatoms. The van der Waals surface area contributed by atoms with Crippen LogP contribution in [0.25, 0.3) is 0 Å². The SMILES string of the molecule is C=CCn1c(O)c(C=Nc2ccc(O)cc2)c(=O)[nH]c1=S. The van der Waals surface area contributed by atoms with Gasteiger partial charge in [-0.25, -0.2) is 0 Å². The molecule has 2 rings (SSSR count). The summed E-state index contributed by atoms with van der Waals surface area (Å²) in [6.07, 6.45) is 2.80. The lowest BCUT2D eigenvalue weighted by Crippen LogP contribution is -2.18. The Kier molecular flexibility index (Phi) is 4.34. The van der Waals surface area contributed by atoms with Crippen LogP contribution < -0.4 is 5.56 Å². The van der Waals surface area contributed by atoms with Gasteiger partial charge < -0.3 is 10.2 Å². The number of benzene rings is 1. The summed E-state index contributed by atoms with van der Waals surface area (Å²) >= 11 is 4.97. The Balaban J connectivity index is 2.46. The predicted octanol–water partition coefficient (Wildman–Crippen LogP) is 2.25. The zero-order valence-electron chi connectivity index (χ0n) is 11.0. The van der Waals surface area contributed by atoms with Crippen LogP contribution in [0.3, 0.4) is 0 Å². The highest BCUT2D eigenvalue weighted by molar-refractivity contribution is 7.71. The van der Waals surface area contributed by atoms with E-state index >= 15 is 0 Å². The van der Waals surface area contributed by atoms with Gasteiger partial charge in [0, 0.05) is 12.8 Å². The molecule has 0 bridgehead atoms. The Morgan fingerprint density at radius 3 is 2.62 bits per heavy atom. The molecular formula is C14H13N3O3S. The molecule has 0 amide bonds. The molecule has 0 aliphatic heterocycles. The van der Waals surface area contributed by atoms with Crippen molar-refractivity contribution >= 4 is 24.1 Å². The van der Waals surface area contributed by atoms with Crippen molar-refractivity contribution in [1.29, 1.82) is 0 Å². The maximum Gasteiger partial charge on any atom is 0.264 e. The molecule has 0 radical (unpaired) electrons. The summed E-state index contributed by atoms with van der Waals surface area (Å²) in [6, 6.07) is 6.11. The van der Waals surface area contributed by atoms with Crippen molar-refractivity contribution in [1.82, 2.24) is 9.55 Å². The van der Waals surface area contributed by atoms with E-state index in [4.69, 9.17) is 12.2 Å². The monoisotopic (exact) mass is 303 g/mol. The Bertz CT molecular complexity index is 804. The quantitative estimate of drug-likeness (QED) is 0.459. The molecule has 1 aromatic heterocycles. The molecule has 0 atom stereocenters. The topological polar surface area (TPSA) is 90.6 Å². The van der Waals surface area contributed by atoms with E-state index in [1.807, 2.05) is 0 Å². The molecule has 21 heavy (non-hydrogen) atoms. The number of aromatic amines is 1. The standard InChI is InChI=1S/C14H13N3O3S/c1-2-7-17-13(20)11(12(19)16-14(17)21)8-15-9-3-5-10(18)6-4-9/h2-6,8,18,20H,1,7H2,(H,16,19,21). The molecule has 1 aromatic carbocycles. The predicted molar refractivity (Wildman–Crippen MR) is 83.1 cm³/mol.